The molecule has 2 atom stereocenters. The quantitative estimate of drug-likeness (QED) is 0.0321. The van der Waals surface area contributed by atoms with Crippen LogP contribution in [0.1, 0.15) is 348 Å². The summed E-state index contributed by atoms with van der Waals surface area (Å²) in [4.78, 5) is 24.6. The summed E-state index contributed by atoms with van der Waals surface area (Å²) in [6, 6.07) is -0.635. The molecule has 0 heterocycles. The van der Waals surface area contributed by atoms with Gasteiger partial charge >= 0.3 is 5.97 Å². The molecular formula is C64H123NO5. The van der Waals surface area contributed by atoms with Crippen LogP contribution in [0.5, 0.6) is 0 Å². The van der Waals surface area contributed by atoms with Gasteiger partial charge in [-0.3, -0.25) is 9.59 Å². The first-order valence-corrected chi connectivity index (χ1v) is 31.6. The minimum atomic E-state index is -0.851. The van der Waals surface area contributed by atoms with Crippen molar-refractivity contribution in [3.05, 3.63) is 24.3 Å². The van der Waals surface area contributed by atoms with E-state index in [0.29, 0.717) is 19.4 Å². The molecule has 0 spiro atoms. The Hall–Kier alpha value is -1.66. The molecule has 6 nitrogen and oxygen atoms in total. The molecular weight excluding hydrogens is 863 g/mol. The number of unbranched alkanes of at least 4 members (excludes halogenated alkanes) is 46. The van der Waals surface area contributed by atoms with Crippen molar-refractivity contribution in [2.75, 3.05) is 13.2 Å². The number of hydrogen-bond donors (Lipinski definition) is 3. The van der Waals surface area contributed by atoms with Crippen LogP contribution in [0.2, 0.25) is 0 Å². The van der Waals surface area contributed by atoms with Crippen LogP contribution >= 0.6 is 0 Å². The van der Waals surface area contributed by atoms with E-state index in [4.69, 9.17) is 4.74 Å². The maximum Gasteiger partial charge on any atom is 0.305 e. The van der Waals surface area contributed by atoms with E-state index in [2.05, 4.69) is 31.3 Å². The van der Waals surface area contributed by atoms with Gasteiger partial charge in [-0.15, -0.1) is 0 Å². The highest BCUT2D eigenvalue weighted by molar-refractivity contribution is 5.76. The zero-order valence-electron chi connectivity index (χ0n) is 47.3. The van der Waals surface area contributed by atoms with Crippen LogP contribution in [-0.4, -0.2) is 47.4 Å². The van der Waals surface area contributed by atoms with Crippen LogP contribution in [-0.2, 0) is 14.3 Å². The molecule has 6 heteroatoms. The number of nitrogens with one attached hydrogen (secondary N) is 1. The standard InChI is InChI=1S/C64H123NO5/c1-3-5-7-9-11-13-15-17-19-21-22-23-24-25-26-28-32-36-40-44-48-52-56-62(67)61(60-66)65-63(68)57-53-49-45-41-37-33-29-27-31-35-39-43-47-51-55-59-70-64(69)58-54-50-46-42-38-34-30-20-18-16-14-12-10-8-6-4-2/h20,30,52,56,61-62,66-67H,3-19,21-29,31-51,53-55,57-60H2,1-2H3,(H,65,68)/b30-20-,56-52+. The van der Waals surface area contributed by atoms with E-state index < -0.39 is 12.1 Å². The molecule has 3 N–H and O–H groups in total. The monoisotopic (exact) mass is 986 g/mol. The highest BCUT2D eigenvalue weighted by Gasteiger charge is 2.18. The van der Waals surface area contributed by atoms with Crippen molar-refractivity contribution in [3.63, 3.8) is 0 Å². The number of ether oxygens (including phenoxy) is 1. The lowest BCUT2D eigenvalue weighted by molar-refractivity contribution is -0.143. The molecule has 0 aromatic heterocycles. The van der Waals surface area contributed by atoms with Gasteiger partial charge in [0, 0.05) is 12.8 Å². The Bertz CT molecular complexity index is 1090. The number of rotatable bonds is 59. The zero-order valence-corrected chi connectivity index (χ0v) is 47.3. The highest BCUT2D eigenvalue weighted by atomic mass is 16.5. The van der Waals surface area contributed by atoms with Crippen LogP contribution in [0.15, 0.2) is 24.3 Å². The van der Waals surface area contributed by atoms with Crippen LogP contribution in [0.25, 0.3) is 0 Å². The van der Waals surface area contributed by atoms with E-state index in [-0.39, 0.29) is 18.5 Å². The van der Waals surface area contributed by atoms with Crippen LogP contribution < -0.4 is 5.32 Å². The molecule has 0 aliphatic rings. The van der Waals surface area contributed by atoms with Gasteiger partial charge < -0.3 is 20.3 Å². The summed E-state index contributed by atoms with van der Waals surface area (Å²) >= 11 is 0. The molecule has 1 amide bonds. The van der Waals surface area contributed by atoms with Gasteiger partial charge in [-0.2, -0.15) is 0 Å². The number of allylic oxidation sites excluding steroid dienone is 3. The SMILES string of the molecule is CCCCCCCCC/C=C\CCCCCCCC(=O)OCCCCCCCCCCCCCCCCCC(=O)NC(CO)C(O)/C=C/CCCCCCCCCCCCCCCCCCCCCC. The Morgan fingerprint density at radius 2 is 0.671 bits per heavy atom. The predicted molar refractivity (Wildman–Crippen MR) is 306 cm³/mol. The first kappa shape index (κ1) is 68.3. The summed E-state index contributed by atoms with van der Waals surface area (Å²) in [5, 5.41) is 23.2. The molecule has 2 unspecified atom stereocenters. The molecule has 0 saturated heterocycles. The molecule has 414 valence electrons. The second kappa shape index (κ2) is 59.9. The van der Waals surface area contributed by atoms with Gasteiger partial charge in [0.15, 0.2) is 0 Å². The fourth-order valence-corrected chi connectivity index (χ4v) is 9.87. The number of hydrogen-bond acceptors (Lipinski definition) is 5. The Balaban J connectivity index is 3.46. The third-order valence-electron chi connectivity index (χ3n) is 14.7. The van der Waals surface area contributed by atoms with Crippen molar-refractivity contribution in [2.45, 2.75) is 360 Å². The maximum atomic E-state index is 12.5. The Morgan fingerprint density at radius 1 is 0.386 bits per heavy atom. The van der Waals surface area contributed by atoms with Crippen molar-refractivity contribution >= 4 is 11.9 Å². The number of carbonyl (C=O) groups excluding carboxylic acids is 2. The summed E-state index contributed by atoms with van der Waals surface area (Å²) in [5.41, 5.74) is 0. The summed E-state index contributed by atoms with van der Waals surface area (Å²) in [7, 11) is 0. The average molecular weight is 987 g/mol. The molecule has 0 aliphatic carbocycles. The third-order valence-corrected chi connectivity index (χ3v) is 14.7. The molecule has 0 saturated carbocycles. The first-order chi connectivity index (χ1) is 34.5. The van der Waals surface area contributed by atoms with Gasteiger partial charge in [0.25, 0.3) is 0 Å². The van der Waals surface area contributed by atoms with Gasteiger partial charge in [0.05, 0.1) is 25.4 Å². The molecule has 0 fully saturated rings. The summed E-state index contributed by atoms with van der Waals surface area (Å²) < 4.78 is 5.48. The van der Waals surface area contributed by atoms with E-state index >= 15 is 0 Å². The predicted octanol–water partition coefficient (Wildman–Crippen LogP) is 19.8. The van der Waals surface area contributed by atoms with Crippen molar-refractivity contribution < 1.29 is 24.5 Å². The maximum absolute atomic E-state index is 12.5. The second-order valence-corrected chi connectivity index (χ2v) is 21.7. The molecule has 70 heavy (non-hydrogen) atoms. The normalized spacial score (nSPS) is 12.7. The topological polar surface area (TPSA) is 95.9 Å². The second-order valence-electron chi connectivity index (χ2n) is 21.7. The largest absolute Gasteiger partial charge is 0.466 e. The van der Waals surface area contributed by atoms with Crippen molar-refractivity contribution in [1.82, 2.24) is 5.32 Å². The molecule has 0 radical (unpaired) electrons. The fourth-order valence-electron chi connectivity index (χ4n) is 9.87. The van der Waals surface area contributed by atoms with Gasteiger partial charge in [0.2, 0.25) is 5.91 Å². The highest BCUT2D eigenvalue weighted by Crippen LogP contribution is 2.18. The Kier molecular flexibility index (Phi) is 58.5. The van der Waals surface area contributed by atoms with Gasteiger partial charge in [-0.25, -0.2) is 0 Å². The van der Waals surface area contributed by atoms with E-state index in [1.54, 1.807) is 6.08 Å². The van der Waals surface area contributed by atoms with Crippen LogP contribution in [0.3, 0.4) is 0 Å². The van der Waals surface area contributed by atoms with E-state index in [9.17, 15) is 19.8 Å². The zero-order chi connectivity index (χ0) is 50.7. The minimum Gasteiger partial charge on any atom is -0.466 e. The molecule has 0 aromatic carbocycles. The van der Waals surface area contributed by atoms with Crippen LogP contribution in [0, 0.1) is 0 Å². The van der Waals surface area contributed by atoms with Gasteiger partial charge in [-0.05, 0) is 57.8 Å². The van der Waals surface area contributed by atoms with Crippen molar-refractivity contribution in [1.29, 1.82) is 0 Å². The average Bonchev–Trinajstić information content (AvgIpc) is 3.36. The lowest BCUT2D eigenvalue weighted by atomic mass is 10.0. The van der Waals surface area contributed by atoms with E-state index in [1.165, 1.54) is 270 Å². The molecule has 0 aromatic rings. The lowest BCUT2D eigenvalue weighted by Crippen LogP contribution is -2.45. The third kappa shape index (κ3) is 55.7. The van der Waals surface area contributed by atoms with Crippen molar-refractivity contribution in [2.24, 2.45) is 0 Å². The summed E-state index contributed by atoms with van der Waals surface area (Å²) in [5.74, 6) is -0.0804. The molecule has 0 aliphatic heterocycles. The van der Waals surface area contributed by atoms with Gasteiger partial charge in [-0.1, -0.05) is 301 Å². The first-order valence-electron chi connectivity index (χ1n) is 31.6. The lowest BCUT2D eigenvalue weighted by Gasteiger charge is -2.20. The number of aliphatic hydroxyl groups is 2. The minimum absolute atomic E-state index is 0.00704. The Morgan fingerprint density at radius 3 is 1.01 bits per heavy atom. The number of aliphatic hydroxyl groups excluding tert-OH is 2. The molecule has 0 bridgehead atoms. The number of carbonyl (C=O) groups is 2. The molecule has 0 rings (SSSR count). The summed E-state index contributed by atoms with van der Waals surface area (Å²) in [6.07, 6.45) is 73.5. The Labute approximate surface area is 437 Å². The smallest absolute Gasteiger partial charge is 0.305 e. The summed E-state index contributed by atoms with van der Waals surface area (Å²) in [6.45, 7) is 4.91. The van der Waals surface area contributed by atoms with Gasteiger partial charge in [0.1, 0.15) is 0 Å². The fraction of sp³-hybridized carbons (Fsp3) is 0.906. The number of esters is 1. The van der Waals surface area contributed by atoms with E-state index in [0.717, 1.165) is 51.4 Å². The van der Waals surface area contributed by atoms with Crippen molar-refractivity contribution in [3.8, 4) is 0 Å². The number of amides is 1. The van der Waals surface area contributed by atoms with Crippen LogP contribution in [0.4, 0.5) is 0 Å². The van der Waals surface area contributed by atoms with E-state index in [1.807, 2.05) is 6.08 Å².